The summed E-state index contributed by atoms with van der Waals surface area (Å²) in [5.41, 5.74) is 5.70. The molecule has 1 N–H and O–H groups in total. The van der Waals surface area contributed by atoms with Crippen molar-refractivity contribution in [3.05, 3.63) is 107 Å². The number of anilines is 1. The van der Waals surface area contributed by atoms with Gasteiger partial charge in [-0.1, -0.05) is 69.3 Å². The zero-order valence-corrected chi connectivity index (χ0v) is 27.0. The van der Waals surface area contributed by atoms with Gasteiger partial charge in [-0.2, -0.15) is 4.98 Å². The molecule has 0 fully saturated rings. The molecule has 230 valence electrons. The second-order valence-electron chi connectivity index (χ2n) is 12.7. The van der Waals surface area contributed by atoms with Gasteiger partial charge in [0.25, 0.3) is 5.91 Å². The van der Waals surface area contributed by atoms with Crippen molar-refractivity contribution in [2.24, 2.45) is 5.41 Å². The molecule has 0 saturated heterocycles. The molecule has 1 aliphatic rings. The van der Waals surface area contributed by atoms with Crippen LogP contribution in [0.2, 0.25) is 0 Å². The highest BCUT2D eigenvalue weighted by molar-refractivity contribution is 7.86. The van der Waals surface area contributed by atoms with Crippen molar-refractivity contribution in [1.82, 2.24) is 19.9 Å². The van der Waals surface area contributed by atoms with E-state index < -0.39 is 11.0 Å². The number of ether oxygens (including phenoxy) is 1. The lowest BCUT2D eigenvalue weighted by Gasteiger charge is -2.35. The molecule has 3 aromatic carbocycles. The second kappa shape index (κ2) is 12.4. The molecule has 2 aromatic heterocycles. The maximum Gasteiger partial charge on any atom is 0.254 e. The predicted octanol–water partition coefficient (Wildman–Crippen LogP) is 7.28. The van der Waals surface area contributed by atoms with Gasteiger partial charge in [-0.25, -0.2) is 9.19 Å². The van der Waals surface area contributed by atoms with Gasteiger partial charge in [0.1, 0.15) is 6.61 Å². The summed E-state index contributed by atoms with van der Waals surface area (Å²) < 4.78 is 22.9. The van der Waals surface area contributed by atoms with Crippen LogP contribution in [0.25, 0.3) is 22.2 Å². The van der Waals surface area contributed by atoms with Gasteiger partial charge in [0.15, 0.2) is 11.0 Å². The van der Waals surface area contributed by atoms with Crippen molar-refractivity contribution in [3.63, 3.8) is 0 Å². The molecule has 45 heavy (non-hydrogen) atoms. The van der Waals surface area contributed by atoms with Gasteiger partial charge < -0.3 is 9.64 Å². The smallest absolute Gasteiger partial charge is 0.254 e. The normalized spacial score (nSPS) is 17.1. The van der Waals surface area contributed by atoms with E-state index in [-0.39, 0.29) is 36.5 Å². The lowest BCUT2D eigenvalue weighted by atomic mass is 9.87. The number of carbonyl (C=O) groups is 1. The first-order valence-corrected chi connectivity index (χ1v) is 16.2. The van der Waals surface area contributed by atoms with Crippen LogP contribution in [0.3, 0.4) is 0 Å². The van der Waals surface area contributed by atoms with E-state index in [1.54, 1.807) is 24.3 Å². The number of hydrogen-bond acceptors (Lipinski definition) is 6. The summed E-state index contributed by atoms with van der Waals surface area (Å²) >= 11 is 0. The van der Waals surface area contributed by atoms with Crippen LogP contribution in [0.4, 0.5) is 5.95 Å². The number of benzene rings is 3. The second-order valence-corrected chi connectivity index (χ2v) is 14.0. The van der Waals surface area contributed by atoms with Gasteiger partial charge in [0, 0.05) is 22.6 Å². The molecule has 6 rings (SSSR count). The maximum atomic E-state index is 14.4. The van der Waals surface area contributed by atoms with Crippen LogP contribution in [-0.4, -0.2) is 42.6 Å². The largest absolute Gasteiger partial charge is 0.475 e. The maximum absolute atomic E-state index is 14.4. The molecule has 0 radical (unpaired) electrons. The molecule has 1 amide bonds. The fourth-order valence-corrected chi connectivity index (χ4v) is 6.64. The van der Waals surface area contributed by atoms with Crippen molar-refractivity contribution >= 4 is 33.7 Å². The third kappa shape index (κ3) is 6.88. The Morgan fingerprint density at radius 3 is 2.44 bits per heavy atom. The highest BCUT2D eigenvalue weighted by Gasteiger charge is 2.31. The Morgan fingerprint density at radius 1 is 0.911 bits per heavy atom. The Balaban J connectivity index is 1.47. The van der Waals surface area contributed by atoms with E-state index >= 15 is 0 Å². The average Bonchev–Trinajstić information content (AvgIpc) is 3.01. The zero-order chi connectivity index (χ0) is 31.7. The molecule has 5 aromatic rings. The summed E-state index contributed by atoms with van der Waals surface area (Å²) in [6.07, 6.45) is 0.665. The third-order valence-corrected chi connectivity index (χ3v) is 8.93. The summed E-state index contributed by atoms with van der Waals surface area (Å²) in [5, 5.41) is 1.04. The molecule has 1 unspecified atom stereocenters. The summed E-state index contributed by atoms with van der Waals surface area (Å²) in [6, 6.07) is 26.4. The summed E-state index contributed by atoms with van der Waals surface area (Å²) in [7, 11) is -1.73. The van der Waals surface area contributed by atoms with E-state index in [0.717, 1.165) is 33.3 Å². The highest BCUT2D eigenvalue weighted by atomic mass is 32.2. The predicted molar refractivity (Wildman–Crippen MR) is 178 cm³/mol. The quantitative estimate of drug-likeness (QED) is 0.227. The molecular formula is C36H37N5O3S. The first-order chi connectivity index (χ1) is 21.5. The van der Waals surface area contributed by atoms with Crippen molar-refractivity contribution < 1.29 is 13.7 Å². The van der Waals surface area contributed by atoms with E-state index in [4.69, 9.17) is 14.7 Å². The van der Waals surface area contributed by atoms with Crippen molar-refractivity contribution in [1.29, 1.82) is 0 Å². The Bertz CT molecular complexity index is 1900. The fourth-order valence-electron chi connectivity index (χ4n) is 5.83. The van der Waals surface area contributed by atoms with Crippen LogP contribution >= 0.6 is 0 Å². The van der Waals surface area contributed by atoms with Gasteiger partial charge in [-0.15, -0.1) is 0 Å². The molecule has 4 bridgehead atoms. The van der Waals surface area contributed by atoms with Crippen LogP contribution in [0, 0.1) is 19.3 Å². The number of pyridine rings is 1. The minimum atomic E-state index is -1.73. The van der Waals surface area contributed by atoms with Crippen LogP contribution < -0.4 is 9.46 Å². The van der Waals surface area contributed by atoms with Gasteiger partial charge in [0.05, 0.1) is 34.4 Å². The van der Waals surface area contributed by atoms with Crippen LogP contribution in [0.1, 0.15) is 54.4 Å². The Morgan fingerprint density at radius 2 is 1.67 bits per heavy atom. The Kier molecular flexibility index (Phi) is 8.38. The number of para-hydroxylation sites is 1. The number of nitrogens with zero attached hydrogens (tertiary/aromatic N) is 4. The van der Waals surface area contributed by atoms with Gasteiger partial charge in [-0.3, -0.25) is 14.5 Å². The monoisotopic (exact) mass is 619 g/mol. The molecule has 3 heterocycles. The van der Waals surface area contributed by atoms with E-state index in [1.807, 2.05) is 79.4 Å². The number of aryl methyl sites for hydroxylation is 2. The van der Waals surface area contributed by atoms with Crippen molar-refractivity contribution in [2.45, 2.75) is 58.5 Å². The standard InChI is InChI=1S/C36H37N5O3S/c1-23-10-8-11-24(2)33(23)31-19-32-39-35(38-31)40-45(43)29-14-9-13-26(18-29)34(42)41(28(22-44-32)20-36(3,4)5)21-27-17-16-25-12-6-7-15-30(25)37-27/h6-19,28H,20-22H2,1-5H3,(H,38,39,40)/t28-,45?/m1/s1. The van der Waals surface area contributed by atoms with Gasteiger partial charge in [-0.05, 0) is 67.1 Å². The lowest BCUT2D eigenvalue weighted by Crippen LogP contribution is -2.45. The Hall–Kier alpha value is -4.63. The minimum Gasteiger partial charge on any atom is -0.475 e. The van der Waals surface area contributed by atoms with E-state index in [1.165, 1.54) is 0 Å². The molecule has 8 nitrogen and oxygen atoms in total. The number of amides is 1. The number of aromatic nitrogens is 3. The first-order valence-electron chi connectivity index (χ1n) is 15.1. The highest BCUT2D eigenvalue weighted by Crippen LogP contribution is 2.31. The zero-order valence-electron chi connectivity index (χ0n) is 26.2. The fraction of sp³-hybridized carbons (Fsp3) is 0.278. The summed E-state index contributed by atoms with van der Waals surface area (Å²) in [4.78, 5) is 30.9. The van der Waals surface area contributed by atoms with Crippen molar-refractivity contribution in [3.8, 4) is 17.1 Å². The average molecular weight is 620 g/mol. The molecular weight excluding hydrogens is 582 g/mol. The SMILES string of the molecule is Cc1cccc(C)c1-c1cc2nc(n1)NS(=O)c1cccc(c1)C(=O)N(Cc1ccc3ccccc3n1)[C@H](CC(C)(C)C)CO2. The minimum absolute atomic E-state index is 0.123. The summed E-state index contributed by atoms with van der Waals surface area (Å²) in [6.45, 7) is 11.0. The van der Waals surface area contributed by atoms with E-state index in [9.17, 15) is 9.00 Å². The molecule has 1 aliphatic heterocycles. The van der Waals surface area contributed by atoms with Gasteiger partial charge >= 0.3 is 0 Å². The third-order valence-electron chi connectivity index (χ3n) is 7.88. The van der Waals surface area contributed by atoms with Crippen LogP contribution in [-0.2, 0) is 17.5 Å². The number of fused-ring (bicyclic) bond motifs is 5. The number of hydrogen-bond donors (Lipinski definition) is 1. The lowest BCUT2D eigenvalue weighted by molar-refractivity contribution is 0.0509. The molecule has 0 spiro atoms. The topological polar surface area (TPSA) is 97.3 Å². The number of nitrogens with one attached hydrogen (secondary N) is 1. The van der Waals surface area contributed by atoms with Gasteiger partial charge in [0.2, 0.25) is 11.8 Å². The van der Waals surface area contributed by atoms with E-state index in [0.29, 0.717) is 28.5 Å². The van der Waals surface area contributed by atoms with Crippen LogP contribution in [0.15, 0.2) is 89.8 Å². The van der Waals surface area contributed by atoms with Crippen LogP contribution in [0.5, 0.6) is 5.88 Å². The molecule has 9 heteroatoms. The molecule has 0 saturated carbocycles. The first kappa shape index (κ1) is 30.4. The van der Waals surface area contributed by atoms with Crippen molar-refractivity contribution in [2.75, 3.05) is 11.3 Å². The summed E-state index contributed by atoms with van der Waals surface area (Å²) in [5.74, 6) is 0.335. The van der Waals surface area contributed by atoms with E-state index in [2.05, 4.69) is 30.5 Å². The molecule has 2 atom stereocenters. The number of carbonyl (C=O) groups excluding carboxylic acids is 1. The number of rotatable bonds is 4. The Labute approximate surface area is 266 Å². The molecule has 0 aliphatic carbocycles.